The predicted molar refractivity (Wildman–Crippen MR) is 188 cm³/mol. The van der Waals surface area contributed by atoms with Gasteiger partial charge in [0.2, 0.25) is 0 Å². The quantitative estimate of drug-likeness (QED) is 0.0266. The van der Waals surface area contributed by atoms with Crippen LogP contribution in [0.4, 0.5) is 0 Å². The molecule has 0 aromatic heterocycles. The summed E-state index contributed by atoms with van der Waals surface area (Å²) in [6.45, 7) is 6.93. The maximum atomic E-state index is 7.23. The number of unbranched alkanes of at least 4 members (excludes halogenated alkanes) is 18. The average molecular weight is 991 g/mol. The SMILES string of the molecule is CCCCCCCCCc1[c-]ccc(CCCCCCCCC)c1CCCCCCCCC.OP(O)O.OP(O)O.S.[Cd].[Cd].[Cd]. The largest absolute Gasteiger partial charge is 0.328 e. The Morgan fingerprint density at radius 3 is 1.11 bits per heavy atom. The van der Waals surface area contributed by atoms with Gasteiger partial charge in [-0.25, -0.2) is 0 Å². The molecule has 0 saturated carbocycles. The van der Waals surface area contributed by atoms with Crippen molar-refractivity contribution in [3.63, 3.8) is 0 Å². The Labute approximate surface area is 348 Å². The van der Waals surface area contributed by atoms with Crippen LogP contribution in [0.5, 0.6) is 0 Å². The van der Waals surface area contributed by atoms with Crippen molar-refractivity contribution in [2.75, 3.05) is 0 Å². The van der Waals surface area contributed by atoms with Crippen molar-refractivity contribution in [2.45, 2.75) is 175 Å². The normalized spacial score (nSPS) is 9.93. The van der Waals surface area contributed by atoms with Crippen LogP contribution in [-0.4, -0.2) is 29.4 Å². The first-order chi connectivity index (χ1) is 19.8. The van der Waals surface area contributed by atoms with Gasteiger partial charge in [-0.05, 0) is 0 Å². The fourth-order valence-electron chi connectivity index (χ4n) is 5.18. The first-order valence-electron chi connectivity index (χ1n) is 16.5. The molecule has 0 aliphatic heterocycles. The number of benzene rings is 1. The molecule has 0 bridgehead atoms. The summed E-state index contributed by atoms with van der Waals surface area (Å²) in [6.07, 6.45) is 33.3. The molecule has 0 saturated heterocycles. The van der Waals surface area contributed by atoms with Gasteiger partial charge in [-0.2, -0.15) is 42.8 Å². The number of hydrogen-bond acceptors (Lipinski definition) is 6. The zero-order chi connectivity index (χ0) is 31.0. The van der Waals surface area contributed by atoms with Crippen LogP contribution in [0.3, 0.4) is 0 Å². The third-order valence-corrected chi connectivity index (χ3v) is 7.40. The molecule has 0 spiro atoms. The van der Waals surface area contributed by atoms with Crippen molar-refractivity contribution in [3.05, 3.63) is 34.9 Å². The van der Waals surface area contributed by atoms with E-state index in [1.807, 2.05) is 0 Å². The summed E-state index contributed by atoms with van der Waals surface area (Å²) in [7, 11) is -5.24. The molecule has 0 amide bonds. The molecule has 1 aromatic carbocycles. The van der Waals surface area contributed by atoms with Crippen molar-refractivity contribution in [1.82, 2.24) is 0 Å². The first-order valence-corrected chi connectivity index (χ1v) is 18.9. The summed E-state index contributed by atoms with van der Waals surface area (Å²) < 4.78 is 0. The predicted octanol–water partition coefficient (Wildman–Crippen LogP) is 9.85. The molecule has 0 aliphatic carbocycles. The fourth-order valence-corrected chi connectivity index (χ4v) is 5.18. The van der Waals surface area contributed by atoms with Crippen molar-refractivity contribution in [2.24, 2.45) is 0 Å². The third kappa shape index (κ3) is 49.1. The van der Waals surface area contributed by atoms with Crippen LogP contribution in [0.1, 0.15) is 172 Å². The van der Waals surface area contributed by atoms with Gasteiger partial charge in [0.05, 0.1) is 0 Å². The summed E-state index contributed by atoms with van der Waals surface area (Å²) in [5.41, 5.74) is 4.92. The third-order valence-electron chi connectivity index (χ3n) is 7.40. The molecular formula is C33H67Cd3O6P2S-. The molecule has 0 aliphatic rings. The van der Waals surface area contributed by atoms with E-state index in [4.69, 9.17) is 29.4 Å². The molecule has 1 aromatic rings. The Hall–Kier alpha value is 2.96. The van der Waals surface area contributed by atoms with Crippen molar-refractivity contribution in [3.8, 4) is 0 Å². The molecule has 0 radical (unpaired) electrons. The van der Waals surface area contributed by atoms with Gasteiger partial charge in [-0.15, -0.1) is 5.56 Å². The van der Waals surface area contributed by atoms with E-state index in [2.05, 4.69) is 39.0 Å². The summed E-state index contributed by atoms with van der Waals surface area (Å²) in [4.78, 5) is 43.4. The van der Waals surface area contributed by atoms with Crippen LogP contribution >= 0.6 is 30.7 Å². The van der Waals surface area contributed by atoms with Crippen LogP contribution in [0.15, 0.2) is 12.1 Å². The van der Waals surface area contributed by atoms with Crippen LogP contribution in [0, 0.1) is 6.07 Å². The second kappa shape index (κ2) is 49.1. The van der Waals surface area contributed by atoms with Gasteiger partial charge in [0, 0.05) is 81.9 Å². The van der Waals surface area contributed by atoms with Gasteiger partial charge in [-0.3, -0.25) is 0 Å². The molecule has 12 heteroatoms. The van der Waals surface area contributed by atoms with E-state index >= 15 is 0 Å². The van der Waals surface area contributed by atoms with Crippen molar-refractivity contribution >= 4 is 30.7 Å². The Balaban J connectivity index is -0.000000282. The van der Waals surface area contributed by atoms with E-state index in [0.29, 0.717) is 0 Å². The van der Waals surface area contributed by atoms with E-state index < -0.39 is 17.2 Å². The van der Waals surface area contributed by atoms with Gasteiger partial charge >= 0.3 is 17.2 Å². The summed E-state index contributed by atoms with van der Waals surface area (Å²) in [5.74, 6) is 0. The maximum Gasteiger partial charge on any atom is 0.324 e. The standard InChI is InChI=1S/C33H59.3Cd.2H3O3P.H2S/c1-4-7-10-13-16-19-22-26-31-28-25-29-32(27-23-20-17-14-11-8-5-2)33(31)30-24-21-18-15-12-9-6-3;;;;2*1-4(2)3;/h25,28H,4-24,26-27,30H2,1-3H3;;;;2*1-3H;1H2/q-1;;;;;;. The minimum atomic E-state index is -2.62. The zero-order valence-corrected chi connectivity index (χ0v) is 44.2. The average Bonchev–Trinajstić information content (AvgIpc) is 2.92. The Kier molecular flexibility index (Phi) is 65.5. The summed E-state index contributed by atoms with van der Waals surface area (Å²) in [5, 5.41) is 0. The van der Waals surface area contributed by atoms with E-state index in [0.717, 1.165) is 0 Å². The summed E-state index contributed by atoms with van der Waals surface area (Å²) in [6, 6.07) is 8.32. The molecule has 258 valence electrons. The van der Waals surface area contributed by atoms with Crippen LogP contribution in [0.25, 0.3) is 0 Å². The van der Waals surface area contributed by atoms with Gasteiger partial charge in [0.1, 0.15) is 0 Å². The molecule has 0 unspecified atom stereocenters. The number of hydrogen-bond donors (Lipinski definition) is 6. The van der Waals surface area contributed by atoms with E-state index in [9.17, 15) is 0 Å². The molecule has 45 heavy (non-hydrogen) atoms. The molecule has 1 rings (SSSR count). The second-order valence-electron chi connectivity index (χ2n) is 11.1. The summed E-state index contributed by atoms with van der Waals surface area (Å²) >= 11 is 0. The molecular weight excluding hydrogens is 924 g/mol. The Bertz CT molecular complexity index is 621. The van der Waals surface area contributed by atoms with Crippen LogP contribution < -0.4 is 0 Å². The number of aryl methyl sites for hydroxylation is 2. The van der Waals surface area contributed by atoms with Gasteiger partial charge in [0.25, 0.3) is 0 Å². The maximum absolute atomic E-state index is 7.23. The van der Waals surface area contributed by atoms with E-state index in [1.165, 1.54) is 154 Å². The fraction of sp³-hybridized carbons (Fsp3) is 0.818. The van der Waals surface area contributed by atoms with Crippen molar-refractivity contribution in [1.29, 1.82) is 0 Å². The molecule has 0 atom stereocenters. The Morgan fingerprint density at radius 2 is 0.756 bits per heavy atom. The first kappa shape index (κ1) is 60.1. The monoisotopic (exact) mass is 995 g/mol. The van der Waals surface area contributed by atoms with Crippen LogP contribution in [-0.2, 0) is 101 Å². The minimum Gasteiger partial charge on any atom is -0.328 e. The van der Waals surface area contributed by atoms with E-state index in [1.54, 1.807) is 16.7 Å². The molecule has 6 N–H and O–H groups in total. The molecule has 0 heterocycles. The van der Waals surface area contributed by atoms with Crippen molar-refractivity contribution < 1.29 is 111 Å². The smallest absolute Gasteiger partial charge is 0.324 e. The molecule has 0 fully saturated rings. The number of rotatable bonds is 24. The zero-order valence-electron chi connectivity index (χ0n) is 29.3. The van der Waals surface area contributed by atoms with Crippen LogP contribution in [0.2, 0.25) is 0 Å². The van der Waals surface area contributed by atoms with Gasteiger partial charge < -0.3 is 29.4 Å². The second-order valence-corrected chi connectivity index (χ2v) is 12.2. The van der Waals surface area contributed by atoms with Gasteiger partial charge in [-0.1, -0.05) is 175 Å². The molecule has 6 nitrogen and oxygen atoms in total. The van der Waals surface area contributed by atoms with Gasteiger partial charge in [0.15, 0.2) is 0 Å². The minimum absolute atomic E-state index is 0. The Morgan fingerprint density at radius 1 is 0.467 bits per heavy atom. The van der Waals surface area contributed by atoms with E-state index in [-0.39, 0.29) is 95.4 Å². The topological polar surface area (TPSA) is 121 Å².